The highest BCUT2D eigenvalue weighted by Crippen LogP contribution is 2.26. The molecular formula is C14H17N3O3S. The summed E-state index contributed by atoms with van der Waals surface area (Å²) >= 11 is 1.39. The smallest absolute Gasteiger partial charge is 0.254 e. The first-order valence-corrected chi connectivity index (χ1v) is 7.64. The number of β-amino-alcohol motifs (C(OH)–C–C–N with tert-alkyl or cyclic N) is 1. The van der Waals surface area contributed by atoms with E-state index in [0.29, 0.717) is 29.2 Å². The number of amides is 1. The van der Waals surface area contributed by atoms with Crippen LogP contribution in [0, 0.1) is 5.92 Å². The van der Waals surface area contributed by atoms with Gasteiger partial charge in [0.05, 0.1) is 16.3 Å². The van der Waals surface area contributed by atoms with Crippen LogP contribution in [0.25, 0.3) is 10.2 Å². The Morgan fingerprint density at radius 3 is 3.05 bits per heavy atom. The van der Waals surface area contributed by atoms with Crippen molar-refractivity contribution in [2.75, 3.05) is 25.4 Å². The van der Waals surface area contributed by atoms with E-state index in [4.69, 9.17) is 10.8 Å². The highest BCUT2D eigenvalue weighted by atomic mass is 32.1. The van der Waals surface area contributed by atoms with Gasteiger partial charge in [-0.05, 0) is 24.6 Å². The number of nitrogen functional groups attached to an aromatic ring is 1. The lowest BCUT2D eigenvalue weighted by molar-refractivity contribution is 0.000883. The maximum atomic E-state index is 12.5. The second-order valence-corrected chi connectivity index (χ2v) is 6.35. The van der Waals surface area contributed by atoms with Gasteiger partial charge < -0.3 is 20.8 Å². The van der Waals surface area contributed by atoms with Crippen molar-refractivity contribution in [1.82, 2.24) is 9.88 Å². The molecule has 21 heavy (non-hydrogen) atoms. The van der Waals surface area contributed by atoms with Gasteiger partial charge in [0, 0.05) is 31.2 Å². The first-order chi connectivity index (χ1) is 10.1. The fourth-order valence-corrected chi connectivity index (χ4v) is 3.35. The summed E-state index contributed by atoms with van der Waals surface area (Å²) in [6.45, 7) is 0.743. The molecule has 7 heteroatoms. The molecule has 2 heterocycles. The molecule has 2 aromatic rings. The number of aromatic nitrogens is 1. The molecule has 112 valence electrons. The molecule has 2 atom stereocenters. The Balaban J connectivity index is 1.80. The molecule has 0 radical (unpaired) electrons. The molecule has 1 fully saturated rings. The lowest BCUT2D eigenvalue weighted by Gasteiger charge is -2.35. The Hall–Kier alpha value is -1.70. The molecule has 1 aliphatic rings. The number of carbonyl (C=O) groups excluding carboxylic acids is 1. The van der Waals surface area contributed by atoms with Crippen LogP contribution in [0.15, 0.2) is 18.2 Å². The van der Waals surface area contributed by atoms with Crippen molar-refractivity contribution in [1.29, 1.82) is 0 Å². The van der Waals surface area contributed by atoms with Gasteiger partial charge in [-0.3, -0.25) is 4.79 Å². The quantitative estimate of drug-likeness (QED) is 0.758. The summed E-state index contributed by atoms with van der Waals surface area (Å²) in [7, 11) is 0. The van der Waals surface area contributed by atoms with Gasteiger partial charge in [0.25, 0.3) is 5.91 Å². The number of nitrogens with two attached hydrogens (primary N) is 1. The summed E-state index contributed by atoms with van der Waals surface area (Å²) in [4.78, 5) is 18.3. The molecule has 0 spiro atoms. The number of thiazole rings is 1. The molecular weight excluding hydrogens is 290 g/mol. The minimum Gasteiger partial charge on any atom is -0.396 e. The highest BCUT2D eigenvalue weighted by Gasteiger charge is 2.30. The van der Waals surface area contributed by atoms with Crippen LogP contribution < -0.4 is 5.73 Å². The second kappa shape index (κ2) is 5.59. The fourth-order valence-electron chi connectivity index (χ4n) is 2.64. The number of aliphatic hydroxyl groups is 2. The van der Waals surface area contributed by atoms with Crippen LogP contribution >= 0.6 is 11.3 Å². The van der Waals surface area contributed by atoms with Crippen LogP contribution in [-0.4, -0.2) is 51.8 Å². The van der Waals surface area contributed by atoms with Gasteiger partial charge in [0.2, 0.25) is 0 Å². The Morgan fingerprint density at radius 2 is 2.33 bits per heavy atom. The number of hydrogen-bond acceptors (Lipinski definition) is 6. The predicted octanol–water partition coefficient (Wildman–Crippen LogP) is 0.694. The maximum absolute atomic E-state index is 12.5. The molecule has 3 rings (SSSR count). The van der Waals surface area contributed by atoms with E-state index in [2.05, 4.69) is 4.98 Å². The first kappa shape index (κ1) is 14.2. The summed E-state index contributed by atoms with van der Waals surface area (Å²) in [5.74, 6) is -0.270. The normalized spacial score (nSPS) is 22.7. The summed E-state index contributed by atoms with van der Waals surface area (Å²) in [6, 6.07) is 5.33. The molecule has 0 bridgehead atoms. The number of rotatable bonds is 2. The topological polar surface area (TPSA) is 99.7 Å². The largest absolute Gasteiger partial charge is 0.396 e. The van der Waals surface area contributed by atoms with E-state index in [1.807, 2.05) is 6.07 Å². The number of likely N-dealkylation sites (tertiary alicyclic amines) is 1. The molecule has 0 unspecified atom stereocenters. The Bertz CT molecular complexity index is 673. The second-order valence-electron chi connectivity index (χ2n) is 5.28. The van der Waals surface area contributed by atoms with Gasteiger partial charge in [-0.15, -0.1) is 0 Å². The number of benzene rings is 1. The van der Waals surface area contributed by atoms with Crippen molar-refractivity contribution in [3.8, 4) is 0 Å². The number of nitrogens with zero attached hydrogens (tertiary/aromatic N) is 2. The Morgan fingerprint density at radius 1 is 1.52 bits per heavy atom. The first-order valence-electron chi connectivity index (χ1n) is 6.82. The fraction of sp³-hybridized carbons (Fsp3) is 0.429. The van der Waals surface area contributed by atoms with Gasteiger partial charge in [-0.1, -0.05) is 11.3 Å². The van der Waals surface area contributed by atoms with Crippen LogP contribution in [0.5, 0.6) is 0 Å². The third-order valence-corrected chi connectivity index (χ3v) is 4.76. The molecule has 1 aromatic carbocycles. The monoisotopic (exact) mass is 307 g/mol. The van der Waals surface area contributed by atoms with Crippen molar-refractivity contribution in [3.63, 3.8) is 0 Å². The van der Waals surface area contributed by atoms with Crippen LogP contribution in [0.2, 0.25) is 0 Å². The van der Waals surface area contributed by atoms with Gasteiger partial charge >= 0.3 is 0 Å². The third-order valence-electron chi connectivity index (χ3n) is 3.89. The van der Waals surface area contributed by atoms with Crippen molar-refractivity contribution in [2.45, 2.75) is 12.5 Å². The van der Waals surface area contributed by atoms with E-state index in [0.717, 1.165) is 4.70 Å². The molecule has 0 saturated carbocycles. The van der Waals surface area contributed by atoms with Crippen LogP contribution in [-0.2, 0) is 0 Å². The van der Waals surface area contributed by atoms with Crippen molar-refractivity contribution in [2.24, 2.45) is 5.92 Å². The van der Waals surface area contributed by atoms with Gasteiger partial charge in [-0.2, -0.15) is 0 Å². The number of aliphatic hydroxyl groups excluding tert-OH is 2. The van der Waals surface area contributed by atoms with Crippen LogP contribution in [0.3, 0.4) is 0 Å². The standard InChI is InChI=1S/C14H17N3O3S/c15-14-16-10-5-8(1-2-12(10)21-14)13(20)17-4-3-9(7-18)11(19)6-17/h1-2,5,9,11,18-19H,3-4,6-7H2,(H2,15,16)/t9-,11+/m1/s1. The molecule has 1 saturated heterocycles. The number of carbonyl (C=O) groups is 1. The lowest BCUT2D eigenvalue weighted by Crippen LogP contribution is -2.47. The minimum absolute atomic E-state index is 0.0484. The van der Waals surface area contributed by atoms with Crippen molar-refractivity contribution in [3.05, 3.63) is 23.8 Å². The summed E-state index contributed by atoms with van der Waals surface area (Å²) in [5.41, 5.74) is 6.92. The van der Waals surface area contributed by atoms with Crippen molar-refractivity contribution >= 4 is 32.6 Å². The molecule has 1 aliphatic heterocycles. The van der Waals surface area contributed by atoms with Crippen LogP contribution in [0.4, 0.5) is 5.13 Å². The van der Waals surface area contributed by atoms with E-state index in [1.54, 1.807) is 17.0 Å². The van der Waals surface area contributed by atoms with Gasteiger partial charge in [0.15, 0.2) is 5.13 Å². The zero-order valence-electron chi connectivity index (χ0n) is 11.4. The molecule has 1 aromatic heterocycles. The zero-order valence-corrected chi connectivity index (χ0v) is 12.2. The number of anilines is 1. The van der Waals surface area contributed by atoms with Crippen molar-refractivity contribution < 1.29 is 15.0 Å². The highest BCUT2D eigenvalue weighted by molar-refractivity contribution is 7.22. The molecule has 1 amide bonds. The minimum atomic E-state index is -0.675. The molecule has 4 N–H and O–H groups in total. The molecule has 6 nitrogen and oxygen atoms in total. The number of fused-ring (bicyclic) bond motifs is 1. The van der Waals surface area contributed by atoms with E-state index in [9.17, 15) is 9.90 Å². The Labute approximate surface area is 125 Å². The lowest BCUT2D eigenvalue weighted by atomic mass is 9.94. The zero-order chi connectivity index (χ0) is 15.0. The number of piperidine rings is 1. The van der Waals surface area contributed by atoms with E-state index in [-0.39, 0.29) is 25.0 Å². The summed E-state index contributed by atoms with van der Waals surface area (Å²) in [5, 5.41) is 19.6. The number of hydrogen-bond donors (Lipinski definition) is 3. The van der Waals surface area contributed by atoms with Gasteiger partial charge in [0.1, 0.15) is 0 Å². The van der Waals surface area contributed by atoms with E-state index < -0.39 is 6.10 Å². The van der Waals surface area contributed by atoms with E-state index >= 15 is 0 Å². The predicted molar refractivity (Wildman–Crippen MR) is 81.1 cm³/mol. The molecule has 0 aliphatic carbocycles. The van der Waals surface area contributed by atoms with Crippen LogP contribution in [0.1, 0.15) is 16.8 Å². The SMILES string of the molecule is Nc1nc2cc(C(=O)N3CC[C@H](CO)[C@@H](O)C3)ccc2s1. The average molecular weight is 307 g/mol. The maximum Gasteiger partial charge on any atom is 0.254 e. The Kier molecular flexibility index (Phi) is 3.79. The summed E-state index contributed by atoms with van der Waals surface area (Å²) < 4.78 is 0.947. The third kappa shape index (κ3) is 2.72. The average Bonchev–Trinajstić information content (AvgIpc) is 2.85. The van der Waals surface area contributed by atoms with Gasteiger partial charge in [-0.25, -0.2) is 4.98 Å². The van der Waals surface area contributed by atoms with E-state index in [1.165, 1.54) is 11.3 Å². The summed E-state index contributed by atoms with van der Waals surface area (Å²) in [6.07, 6.45) is -0.0682.